The van der Waals surface area contributed by atoms with Gasteiger partial charge in [-0.05, 0) is 18.9 Å². The lowest BCUT2D eigenvalue weighted by Crippen LogP contribution is -2.56. The monoisotopic (exact) mass is 344 g/mol. The maximum absolute atomic E-state index is 12.7. The van der Waals surface area contributed by atoms with Crippen molar-refractivity contribution in [3.05, 3.63) is 52.9 Å². The van der Waals surface area contributed by atoms with Crippen LogP contribution < -0.4 is 0 Å². The number of ether oxygens (including phenoxy) is 1. The van der Waals surface area contributed by atoms with Crippen molar-refractivity contribution >= 4 is 5.91 Å². The summed E-state index contributed by atoms with van der Waals surface area (Å²) in [6, 6.07) is 9.78. The van der Waals surface area contributed by atoms with E-state index in [1.54, 1.807) is 11.0 Å². The van der Waals surface area contributed by atoms with Gasteiger partial charge < -0.3 is 19.3 Å². The number of amides is 1. The molecule has 25 heavy (non-hydrogen) atoms. The molecule has 0 aliphatic carbocycles. The van der Waals surface area contributed by atoms with Crippen molar-refractivity contribution in [2.45, 2.75) is 32.3 Å². The third-order valence-electron chi connectivity index (χ3n) is 4.56. The zero-order chi connectivity index (χ0) is 17.9. The van der Waals surface area contributed by atoms with Gasteiger partial charge in [-0.1, -0.05) is 41.9 Å². The average Bonchev–Trinajstić information content (AvgIpc) is 3.10. The van der Waals surface area contributed by atoms with Crippen LogP contribution in [0.4, 0.5) is 0 Å². The minimum Gasteiger partial charge on any atom is -0.393 e. The Morgan fingerprint density at radius 2 is 2.24 bits per heavy atom. The first-order valence-electron chi connectivity index (χ1n) is 8.60. The molecule has 1 atom stereocenters. The lowest BCUT2D eigenvalue weighted by Gasteiger charge is -2.41. The van der Waals surface area contributed by atoms with Gasteiger partial charge >= 0.3 is 0 Å². The first-order valence-corrected chi connectivity index (χ1v) is 8.60. The Kier molecular flexibility index (Phi) is 5.20. The van der Waals surface area contributed by atoms with Crippen LogP contribution in [0.2, 0.25) is 0 Å². The van der Waals surface area contributed by atoms with Crippen molar-refractivity contribution in [3.63, 3.8) is 0 Å². The van der Waals surface area contributed by atoms with Crippen LogP contribution >= 0.6 is 0 Å². The molecule has 0 radical (unpaired) electrons. The van der Waals surface area contributed by atoms with Crippen LogP contribution in [0, 0.1) is 6.92 Å². The smallest absolute Gasteiger partial charge is 0.292 e. The largest absolute Gasteiger partial charge is 0.393 e. The molecule has 2 heterocycles. The van der Waals surface area contributed by atoms with Gasteiger partial charge in [0.05, 0.1) is 25.5 Å². The van der Waals surface area contributed by atoms with Gasteiger partial charge in [-0.2, -0.15) is 0 Å². The van der Waals surface area contributed by atoms with Crippen LogP contribution in [0.25, 0.3) is 0 Å². The molecule has 1 N–H and O–H groups in total. The maximum Gasteiger partial charge on any atom is 0.292 e. The highest BCUT2D eigenvalue weighted by Gasteiger charge is 2.39. The molecular weight excluding hydrogens is 320 g/mol. The number of aliphatic hydroxyl groups is 1. The first-order chi connectivity index (χ1) is 12.0. The van der Waals surface area contributed by atoms with Gasteiger partial charge in [-0.25, -0.2) is 0 Å². The molecule has 6 nitrogen and oxygen atoms in total. The fraction of sp³-hybridized carbons (Fsp3) is 0.474. The summed E-state index contributed by atoms with van der Waals surface area (Å²) in [5, 5.41) is 13.9. The van der Waals surface area contributed by atoms with Crippen molar-refractivity contribution in [2.75, 3.05) is 26.3 Å². The second-order valence-corrected chi connectivity index (χ2v) is 6.62. The quantitative estimate of drug-likeness (QED) is 0.898. The normalized spacial score (nSPS) is 20.7. The fourth-order valence-corrected chi connectivity index (χ4v) is 3.21. The highest BCUT2D eigenvalue weighted by Crippen LogP contribution is 2.25. The Balaban J connectivity index is 1.76. The van der Waals surface area contributed by atoms with Gasteiger partial charge in [0.2, 0.25) is 5.76 Å². The Labute approximate surface area is 147 Å². The van der Waals surface area contributed by atoms with Crippen LogP contribution in [0.15, 0.2) is 34.9 Å². The highest BCUT2D eigenvalue weighted by atomic mass is 16.5. The van der Waals surface area contributed by atoms with Crippen LogP contribution in [-0.4, -0.2) is 53.0 Å². The molecule has 1 aliphatic heterocycles. The molecule has 6 heteroatoms. The van der Waals surface area contributed by atoms with Crippen molar-refractivity contribution in [1.82, 2.24) is 10.1 Å². The van der Waals surface area contributed by atoms with Gasteiger partial charge in [-0.3, -0.25) is 4.79 Å². The standard InChI is InChI=1S/C19H24N2O4/c1-3-16-10-17(25-20-16)18(23)21-7-8-24-19(12-21,13-22)11-15-6-4-5-14(2)9-15/h4-6,9-10,22H,3,7-8,11-13H2,1-2H3/t19-/m0/s1. The molecule has 0 spiro atoms. The molecular formula is C19H24N2O4. The van der Waals surface area contributed by atoms with Gasteiger partial charge in [0.15, 0.2) is 0 Å². The fourth-order valence-electron chi connectivity index (χ4n) is 3.21. The zero-order valence-electron chi connectivity index (χ0n) is 14.7. The van der Waals surface area contributed by atoms with Crippen LogP contribution in [0.1, 0.15) is 34.3 Å². The summed E-state index contributed by atoms with van der Waals surface area (Å²) in [6.45, 7) is 5.00. The second kappa shape index (κ2) is 7.37. The summed E-state index contributed by atoms with van der Waals surface area (Å²) < 4.78 is 11.1. The number of nitrogens with zero attached hydrogens (tertiary/aromatic N) is 2. The highest BCUT2D eigenvalue weighted by molar-refractivity contribution is 5.91. The minimum atomic E-state index is -0.796. The van der Waals surface area contributed by atoms with E-state index in [-0.39, 0.29) is 18.3 Å². The molecule has 0 saturated carbocycles. The van der Waals surface area contributed by atoms with Crippen LogP contribution in [0.3, 0.4) is 0 Å². The Hall–Kier alpha value is -2.18. The number of carbonyl (C=O) groups is 1. The van der Waals surface area contributed by atoms with Gasteiger partial charge in [0, 0.05) is 19.0 Å². The molecule has 134 valence electrons. The van der Waals surface area contributed by atoms with E-state index in [2.05, 4.69) is 11.2 Å². The summed E-state index contributed by atoms with van der Waals surface area (Å²) in [4.78, 5) is 14.4. The lowest BCUT2D eigenvalue weighted by atomic mass is 9.92. The summed E-state index contributed by atoms with van der Waals surface area (Å²) in [5.74, 6) is 0.0266. The number of benzene rings is 1. The number of hydrogen-bond acceptors (Lipinski definition) is 5. The van der Waals surface area contributed by atoms with Crippen molar-refractivity contribution < 1.29 is 19.2 Å². The third kappa shape index (κ3) is 3.91. The SMILES string of the molecule is CCc1cc(C(=O)N2CCO[C@@](CO)(Cc3cccc(C)c3)C2)on1. The average molecular weight is 344 g/mol. The summed E-state index contributed by atoms with van der Waals surface area (Å²) in [6.07, 6.45) is 1.26. The number of aromatic nitrogens is 1. The Morgan fingerprint density at radius 3 is 2.92 bits per heavy atom. The molecule has 1 aromatic heterocycles. The van der Waals surface area contributed by atoms with Gasteiger partial charge in [-0.15, -0.1) is 0 Å². The van der Waals surface area contributed by atoms with E-state index in [9.17, 15) is 9.90 Å². The number of hydrogen-bond donors (Lipinski definition) is 1. The molecule has 2 aromatic rings. The summed E-state index contributed by atoms with van der Waals surface area (Å²) >= 11 is 0. The van der Waals surface area contributed by atoms with E-state index in [1.807, 2.05) is 32.0 Å². The minimum absolute atomic E-state index is 0.151. The summed E-state index contributed by atoms with van der Waals surface area (Å²) in [7, 11) is 0. The summed E-state index contributed by atoms with van der Waals surface area (Å²) in [5.41, 5.74) is 2.19. The van der Waals surface area contributed by atoms with E-state index >= 15 is 0 Å². The van der Waals surface area contributed by atoms with Gasteiger partial charge in [0.25, 0.3) is 5.91 Å². The lowest BCUT2D eigenvalue weighted by molar-refractivity contribution is -0.124. The zero-order valence-corrected chi connectivity index (χ0v) is 14.7. The molecule has 0 unspecified atom stereocenters. The molecule has 1 fully saturated rings. The van der Waals surface area contributed by atoms with E-state index in [4.69, 9.17) is 9.26 Å². The molecule has 3 rings (SSSR count). The van der Waals surface area contributed by atoms with Crippen molar-refractivity contribution in [2.24, 2.45) is 0 Å². The number of morpholine rings is 1. The van der Waals surface area contributed by atoms with E-state index in [1.165, 1.54) is 0 Å². The van der Waals surface area contributed by atoms with E-state index in [0.29, 0.717) is 32.5 Å². The van der Waals surface area contributed by atoms with Crippen LogP contribution in [-0.2, 0) is 17.6 Å². The van der Waals surface area contributed by atoms with Gasteiger partial charge in [0.1, 0.15) is 5.60 Å². The first kappa shape index (κ1) is 17.6. The maximum atomic E-state index is 12.7. The Bertz CT molecular complexity index is 743. The topological polar surface area (TPSA) is 75.8 Å². The molecule has 1 amide bonds. The van der Waals surface area contributed by atoms with E-state index in [0.717, 1.165) is 16.8 Å². The van der Waals surface area contributed by atoms with Crippen molar-refractivity contribution in [1.29, 1.82) is 0 Å². The number of rotatable bonds is 5. The molecule has 1 aromatic carbocycles. The van der Waals surface area contributed by atoms with Crippen LogP contribution in [0.5, 0.6) is 0 Å². The molecule has 1 aliphatic rings. The Morgan fingerprint density at radius 1 is 1.40 bits per heavy atom. The van der Waals surface area contributed by atoms with E-state index < -0.39 is 5.60 Å². The third-order valence-corrected chi connectivity index (χ3v) is 4.56. The number of carbonyl (C=O) groups excluding carboxylic acids is 1. The second-order valence-electron chi connectivity index (χ2n) is 6.62. The predicted molar refractivity (Wildman–Crippen MR) is 92.4 cm³/mol. The predicted octanol–water partition coefficient (Wildman–Crippen LogP) is 1.99. The van der Waals surface area contributed by atoms with Crippen molar-refractivity contribution in [3.8, 4) is 0 Å². The number of aryl methyl sites for hydroxylation is 2. The number of aliphatic hydroxyl groups excluding tert-OH is 1. The molecule has 1 saturated heterocycles. The molecule has 0 bridgehead atoms.